The lowest BCUT2D eigenvalue weighted by molar-refractivity contribution is -0.121. The van der Waals surface area contributed by atoms with E-state index in [9.17, 15) is 4.79 Å². The molecule has 0 heterocycles. The number of benzene rings is 2. The average Bonchev–Trinajstić information content (AvgIpc) is 2.56. The van der Waals surface area contributed by atoms with E-state index >= 15 is 0 Å². The van der Waals surface area contributed by atoms with Crippen molar-refractivity contribution in [3.05, 3.63) is 53.6 Å². The van der Waals surface area contributed by atoms with Crippen molar-refractivity contribution < 1.29 is 14.3 Å². The first kappa shape index (κ1) is 18.0. The van der Waals surface area contributed by atoms with E-state index < -0.39 is 0 Å². The van der Waals surface area contributed by atoms with Gasteiger partial charge in [0.15, 0.2) is 11.7 Å². The number of hydrogen-bond donors (Lipinski definition) is 2. The Morgan fingerprint density at radius 1 is 1.04 bits per heavy atom. The summed E-state index contributed by atoms with van der Waals surface area (Å²) in [5.41, 5.74) is 0.752. The molecule has 2 aromatic rings. The molecule has 0 aliphatic carbocycles. The Morgan fingerprint density at radius 2 is 1.62 bits per heavy atom. The molecule has 2 N–H and O–H groups in total. The number of amides is 1. The van der Waals surface area contributed by atoms with Crippen molar-refractivity contribution in [1.29, 1.82) is 0 Å². The maximum Gasteiger partial charge on any atom is 0.264 e. The summed E-state index contributed by atoms with van der Waals surface area (Å²) in [6, 6.07) is 14.0. The highest BCUT2D eigenvalue weighted by Crippen LogP contribution is 2.16. The summed E-state index contributed by atoms with van der Waals surface area (Å²) in [6.07, 6.45) is 0. The number of carbonyl (C=O) groups excluding carboxylic acids is 1. The van der Waals surface area contributed by atoms with Crippen LogP contribution < -0.4 is 20.1 Å². The van der Waals surface area contributed by atoms with Crippen LogP contribution in [0, 0.1) is 0 Å². The van der Waals surface area contributed by atoms with E-state index in [1.54, 1.807) is 24.3 Å². The molecule has 0 radical (unpaired) electrons. The fourth-order valence-electron chi connectivity index (χ4n) is 1.81. The third-order valence-corrected chi connectivity index (χ3v) is 3.32. The van der Waals surface area contributed by atoms with Gasteiger partial charge in [-0.3, -0.25) is 10.1 Å². The molecule has 0 saturated carbocycles. The van der Waals surface area contributed by atoms with Crippen molar-refractivity contribution in [1.82, 2.24) is 5.32 Å². The van der Waals surface area contributed by atoms with Gasteiger partial charge in [-0.2, -0.15) is 0 Å². The van der Waals surface area contributed by atoms with Crippen molar-refractivity contribution >= 4 is 40.5 Å². The van der Waals surface area contributed by atoms with Crippen LogP contribution in [0.1, 0.15) is 6.92 Å². The van der Waals surface area contributed by atoms with Gasteiger partial charge in [0.1, 0.15) is 11.5 Å². The number of carbonyl (C=O) groups is 1. The zero-order valence-electron chi connectivity index (χ0n) is 13.0. The first-order valence-corrected chi connectivity index (χ1v) is 8.07. The monoisotopic (exact) mass is 364 g/mol. The third kappa shape index (κ3) is 6.06. The molecular formula is C17H17ClN2O3S. The van der Waals surface area contributed by atoms with E-state index in [0.29, 0.717) is 17.4 Å². The van der Waals surface area contributed by atoms with Crippen LogP contribution in [-0.2, 0) is 4.79 Å². The highest BCUT2D eigenvalue weighted by Gasteiger charge is 2.06. The predicted molar refractivity (Wildman–Crippen MR) is 98.9 cm³/mol. The molecule has 7 heteroatoms. The summed E-state index contributed by atoms with van der Waals surface area (Å²) in [6.45, 7) is 2.38. The molecule has 24 heavy (non-hydrogen) atoms. The molecule has 0 atom stereocenters. The summed E-state index contributed by atoms with van der Waals surface area (Å²) < 4.78 is 10.7. The maximum atomic E-state index is 11.8. The summed E-state index contributed by atoms with van der Waals surface area (Å²) in [7, 11) is 0. The number of anilines is 1. The second kappa shape index (κ2) is 9.10. The highest BCUT2D eigenvalue weighted by atomic mass is 35.5. The molecule has 2 rings (SSSR count). The molecule has 0 saturated heterocycles. The van der Waals surface area contributed by atoms with Crippen molar-refractivity contribution in [3.8, 4) is 11.5 Å². The number of hydrogen-bond acceptors (Lipinski definition) is 4. The Labute approximate surface area is 150 Å². The smallest absolute Gasteiger partial charge is 0.264 e. The van der Waals surface area contributed by atoms with Gasteiger partial charge in [0.2, 0.25) is 0 Å². The van der Waals surface area contributed by atoms with Crippen LogP contribution >= 0.6 is 23.8 Å². The van der Waals surface area contributed by atoms with E-state index in [1.807, 2.05) is 31.2 Å². The number of halogens is 1. The van der Waals surface area contributed by atoms with Gasteiger partial charge in [0.05, 0.1) is 6.61 Å². The molecule has 1 amide bonds. The van der Waals surface area contributed by atoms with E-state index in [1.165, 1.54) is 0 Å². The lowest BCUT2D eigenvalue weighted by Crippen LogP contribution is -2.37. The minimum absolute atomic E-state index is 0.146. The molecule has 2 aromatic carbocycles. The Hall–Kier alpha value is -2.31. The molecule has 5 nitrogen and oxygen atoms in total. The first-order chi connectivity index (χ1) is 11.6. The molecule has 0 aliphatic rings. The van der Waals surface area contributed by atoms with Gasteiger partial charge in [0, 0.05) is 10.7 Å². The summed E-state index contributed by atoms with van der Waals surface area (Å²) in [5, 5.41) is 6.27. The molecule has 0 bridgehead atoms. The molecule has 126 valence electrons. The minimum atomic E-state index is -0.353. The van der Waals surface area contributed by atoms with E-state index in [4.69, 9.17) is 33.3 Å². The number of nitrogens with one attached hydrogen (secondary N) is 2. The van der Waals surface area contributed by atoms with Crippen LogP contribution in [0.4, 0.5) is 5.69 Å². The van der Waals surface area contributed by atoms with E-state index in [2.05, 4.69) is 10.6 Å². The topological polar surface area (TPSA) is 59.6 Å². The highest BCUT2D eigenvalue weighted by molar-refractivity contribution is 7.80. The predicted octanol–water partition coefficient (Wildman–Crippen LogP) is 3.63. The molecular weight excluding hydrogens is 348 g/mol. The van der Waals surface area contributed by atoms with Gasteiger partial charge in [-0.1, -0.05) is 11.6 Å². The largest absolute Gasteiger partial charge is 0.494 e. The quantitative estimate of drug-likeness (QED) is 0.766. The van der Waals surface area contributed by atoms with Gasteiger partial charge < -0.3 is 14.8 Å². The maximum absolute atomic E-state index is 11.8. The molecule has 0 aromatic heterocycles. The van der Waals surface area contributed by atoms with Gasteiger partial charge in [-0.05, 0) is 67.7 Å². The van der Waals surface area contributed by atoms with Crippen LogP contribution in [0.2, 0.25) is 5.02 Å². The van der Waals surface area contributed by atoms with E-state index in [0.717, 1.165) is 11.4 Å². The zero-order chi connectivity index (χ0) is 17.4. The van der Waals surface area contributed by atoms with Crippen LogP contribution in [0.3, 0.4) is 0 Å². The Bertz CT molecular complexity index is 690. The second-order valence-corrected chi connectivity index (χ2v) is 5.55. The van der Waals surface area contributed by atoms with Crippen LogP contribution in [0.25, 0.3) is 0 Å². The lowest BCUT2D eigenvalue weighted by atomic mass is 10.3. The van der Waals surface area contributed by atoms with E-state index in [-0.39, 0.29) is 17.6 Å². The minimum Gasteiger partial charge on any atom is -0.494 e. The second-order valence-electron chi connectivity index (χ2n) is 4.70. The van der Waals surface area contributed by atoms with Crippen molar-refractivity contribution in [2.24, 2.45) is 0 Å². The Morgan fingerprint density at radius 3 is 2.25 bits per heavy atom. The Balaban J connectivity index is 1.76. The lowest BCUT2D eigenvalue weighted by Gasteiger charge is -2.11. The molecule has 0 spiro atoms. The van der Waals surface area contributed by atoms with Gasteiger partial charge in [0.25, 0.3) is 5.91 Å². The van der Waals surface area contributed by atoms with Crippen molar-refractivity contribution in [2.75, 3.05) is 18.5 Å². The van der Waals surface area contributed by atoms with Crippen LogP contribution in [0.5, 0.6) is 11.5 Å². The fourth-order valence-corrected chi connectivity index (χ4v) is 2.16. The summed E-state index contributed by atoms with van der Waals surface area (Å²) in [4.78, 5) is 11.8. The number of rotatable bonds is 6. The average molecular weight is 365 g/mol. The third-order valence-electron chi connectivity index (χ3n) is 2.86. The van der Waals surface area contributed by atoms with Crippen molar-refractivity contribution in [2.45, 2.75) is 6.92 Å². The zero-order valence-corrected chi connectivity index (χ0v) is 14.6. The van der Waals surface area contributed by atoms with Gasteiger partial charge in [-0.15, -0.1) is 0 Å². The van der Waals surface area contributed by atoms with Crippen molar-refractivity contribution in [3.63, 3.8) is 0 Å². The van der Waals surface area contributed by atoms with Gasteiger partial charge >= 0.3 is 0 Å². The summed E-state index contributed by atoms with van der Waals surface area (Å²) >= 11 is 10.9. The summed E-state index contributed by atoms with van der Waals surface area (Å²) in [5.74, 6) is 0.975. The first-order valence-electron chi connectivity index (χ1n) is 7.29. The standard InChI is InChI=1S/C17H17ClN2O3S/c1-2-22-14-9-5-13(6-10-14)19-17(24)20-16(21)11-23-15-7-3-12(18)4-8-15/h3-10H,2,11H2,1H3,(H2,19,20,21,24). The SMILES string of the molecule is CCOc1ccc(NC(=S)NC(=O)COc2ccc(Cl)cc2)cc1. The number of thiocarbonyl (C=S) groups is 1. The van der Waals surface area contributed by atoms with Gasteiger partial charge in [-0.25, -0.2) is 0 Å². The molecule has 0 unspecified atom stereocenters. The fraction of sp³-hybridized carbons (Fsp3) is 0.176. The Kier molecular flexibility index (Phi) is 6.84. The molecule has 0 fully saturated rings. The van der Waals surface area contributed by atoms with Crippen LogP contribution in [0.15, 0.2) is 48.5 Å². The normalized spacial score (nSPS) is 9.92. The van der Waals surface area contributed by atoms with Crippen LogP contribution in [-0.4, -0.2) is 24.2 Å². The number of ether oxygens (including phenoxy) is 2. The molecule has 0 aliphatic heterocycles.